The maximum absolute atomic E-state index is 12.8. The monoisotopic (exact) mass is 456 g/mol. The summed E-state index contributed by atoms with van der Waals surface area (Å²) in [5.41, 5.74) is -0.104. The Labute approximate surface area is 144 Å². The van der Waals surface area contributed by atoms with Crippen LogP contribution in [0.4, 0.5) is 13.2 Å². The van der Waals surface area contributed by atoms with E-state index in [2.05, 4.69) is 28.0 Å². The second-order valence-corrected chi connectivity index (χ2v) is 17.6. The van der Waals surface area contributed by atoms with Crippen molar-refractivity contribution in [3.8, 4) is 0 Å². The number of hydrogen-bond acceptors (Lipinski definition) is 1. The van der Waals surface area contributed by atoms with Gasteiger partial charge in [0.05, 0.1) is 0 Å². The molecule has 3 fully saturated rings. The molecule has 1 nitrogen and oxygen atoms in total. The summed E-state index contributed by atoms with van der Waals surface area (Å²) in [7, 11) is 0. The van der Waals surface area contributed by atoms with Crippen LogP contribution in [0, 0.1) is 16.7 Å². The van der Waals surface area contributed by atoms with Crippen LogP contribution in [0.1, 0.15) is 38.7 Å². The van der Waals surface area contributed by atoms with E-state index in [4.69, 9.17) is 3.82 Å². The van der Waals surface area contributed by atoms with Crippen LogP contribution < -0.4 is 4.46 Å². The van der Waals surface area contributed by atoms with E-state index in [0.717, 1.165) is 22.1 Å². The molecular formula is C17H20BrF3OSe. The molecular weight excluding hydrogens is 436 g/mol. The fourth-order valence-corrected chi connectivity index (χ4v) is 15.3. The number of rotatable bonds is 1. The summed E-state index contributed by atoms with van der Waals surface area (Å²) in [6, 6.07) is 5.62. The van der Waals surface area contributed by atoms with E-state index in [1.165, 1.54) is 25.0 Å². The molecule has 0 amide bonds. The van der Waals surface area contributed by atoms with Crippen LogP contribution in [-0.2, 0) is 10.00 Å². The first-order chi connectivity index (χ1) is 10.6. The second-order valence-electron chi connectivity index (χ2n) is 7.70. The fraction of sp³-hybridized carbons (Fsp3) is 0.647. The van der Waals surface area contributed by atoms with Gasteiger partial charge in [0, 0.05) is 0 Å². The van der Waals surface area contributed by atoms with Crippen LogP contribution in [0.3, 0.4) is 0 Å². The van der Waals surface area contributed by atoms with E-state index in [1.54, 1.807) is 12.1 Å². The van der Waals surface area contributed by atoms with Crippen molar-refractivity contribution in [2.75, 3.05) is 0 Å². The molecule has 2 bridgehead atoms. The third-order valence-corrected chi connectivity index (χ3v) is 15.6. The zero-order valence-electron chi connectivity index (χ0n) is 13.1. The van der Waals surface area contributed by atoms with E-state index in [0.29, 0.717) is 0 Å². The Morgan fingerprint density at radius 2 is 1.87 bits per heavy atom. The van der Waals surface area contributed by atoms with Gasteiger partial charge in [0.1, 0.15) is 0 Å². The molecule has 1 spiro atoms. The Morgan fingerprint density at radius 3 is 2.39 bits per heavy atom. The molecule has 1 aromatic carbocycles. The molecule has 23 heavy (non-hydrogen) atoms. The van der Waals surface area contributed by atoms with Gasteiger partial charge < -0.3 is 0 Å². The van der Waals surface area contributed by atoms with Gasteiger partial charge in [-0.3, -0.25) is 0 Å². The van der Waals surface area contributed by atoms with Crippen LogP contribution in [0.5, 0.6) is 0 Å². The van der Waals surface area contributed by atoms with Crippen molar-refractivity contribution in [3.05, 3.63) is 29.8 Å². The van der Waals surface area contributed by atoms with Crippen molar-refractivity contribution >= 4 is 29.9 Å². The topological polar surface area (TPSA) is 9.23 Å². The molecule has 2 saturated carbocycles. The summed E-state index contributed by atoms with van der Waals surface area (Å²) >= 11 is 1.32. The van der Waals surface area contributed by atoms with Crippen molar-refractivity contribution < 1.29 is 17.0 Å². The minimum absolute atomic E-state index is 0.212. The van der Waals surface area contributed by atoms with Gasteiger partial charge in [-0.05, 0) is 0 Å². The summed E-state index contributed by atoms with van der Waals surface area (Å²) in [4.78, 5) is 0. The van der Waals surface area contributed by atoms with Crippen molar-refractivity contribution in [1.29, 1.82) is 0 Å². The number of halogens is 4. The average Bonchev–Trinajstić information content (AvgIpc) is 2.98. The van der Waals surface area contributed by atoms with E-state index in [9.17, 15) is 13.2 Å². The number of fused-ring (bicyclic) bond motifs is 1. The molecule has 1 aliphatic heterocycles. The predicted molar refractivity (Wildman–Crippen MR) is 89.0 cm³/mol. The van der Waals surface area contributed by atoms with Crippen molar-refractivity contribution in [1.82, 2.24) is 0 Å². The first-order valence-electron chi connectivity index (χ1n) is 7.95. The van der Waals surface area contributed by atoms with E-state index >= 15 is 0 Å². The molecule has 3 aliphatic rings. The number of hydrogen-bond donors (Lipinski definition) is 0. The fourth-order valence-electron chi connectivity index (χ4n) is 5.01. The summed E-state index contributed by atoms with van der Waals surface area (Å²) < 4.78 is 45.8. The van der Waals surface area contributed by atoms with Gasteiger partial charge >= 0.3 is 144 Å². The first kappa shape index (κ1) is 16.4. The molecule has 1 aromatic rings. The third-order valence-electron chi connectivity index (χ3n) is 6.60. The molecule has 128 valence electrons. The van der Waals surface area contributed by atoms with Crippen LogP contribution in [0.15, 0.2) is 24.3 Å². The number of benzene rings is 1. The molecule has 4 rings (SSSR count). The average molecular weight is 456 g/mol. The molecule has 4 atom stereocenters. The second kappa shape index (κ2) is 4.78. The van der Waals surface area contributed by atoms with Crippen LogP contribution in [0.2, 0.25) is 5.32 Å². The Balaban J connectivity index is 1.66. The molecule has 1 heterocycles. The van der Waals surface area contributed by atoms with Crippen molar-refractivity contribution in [3.63, 3.8) is 0 Å². The molecule has 1 saturated heterocycles. The summed E-state index contributed by atoms with van der Waals surface area (Å²) in [5.74, 6) is 0.731. The van der Waals surface area contributed by atoms with E-state index in [1.807, 2.05) is 0 Å². The molecule has 4 unspecified atom stereocenters. The van der Waals surface area contributed by atoms with Gasteiger partial charge in [-0.2, -0.15) is 0 Å². The minimum atomic E-state index is -4.28. The first-order valence-corrected chi connectivity index (χ1v) is 14.7. The molecule has 0 N–H and O–H groups in total. The Morgan fingerprint density at radius 1 is 1.22 bits per heavy atom. The Hall–Kier alpha value is -0.0305. The molecule has 2 aliphatic carbocycles. The zero-order chi connectivity index (χ0) is 16.7. The van der Waals surface area contributed by atoms with Crippen molar-refractivity contribution in [2.45, 2.75) is 50.7 Å². The van der Waals surface area contributed by atoms with Crippen LogP contribution >= 0.6 is 14.1 Å². The van der Waals surface area contributed by atoms with Gasteiger partial charge in [0.2, 0.25) is 0 Å². The maximum atomic E-state index is 12.8. The Kier molecular flexibility index (Phi) is 3.41. The Bertz CT molecular complexity index is 644. The third kappa shape index (κ3) is 2.14. The summed E-state index contributed by atoms with van der Waals surface area (Å²) in [6.07, 6.45) is -0.439. The summed E-state index contributed by atoms with van der Waals surface area (Å²) in [6.45, 7) is 4.72. The van der Waals surface area contributed by atoms with Gasteiger partial charge in [-0.15, -0.1) is 0 Å². The SMILES string of the molecule is CC1(C)C2CCC13C[Se](Br)(c1ccc(C(F)(F)F)cc1)OC3C2. The van der Waals surface area contributed by atoms with E-state index < -0.39 is 23.1 Å². The van der Waals surface area contributed by atoms with Gasteiger partial charge in [0.25, 0.3) is 0 Å². The summed E-state index contributed by atoms with van der Waals surface area (Å²) in [5, 5.41) is 0.989. The van der Waals surface area contributed by atoms with E-state index in [-0.39, 0.29) is 16.9 Å². The van der Waals surface area contributed by atoms with Crippen LogP contribution in [-0.4, -0.2) is 17.5 Å². The standard InChI is InChI=1S/C17H20BrF3OSe/c1-15(2)12-7-8-16(15)10-23(18,22-14(16)9-12)13-5-3-11(4-6-13)17(19,20)21/h3-6,12,14H,7-10H2,1-2H3. The normalized spacial score (nSPS) is 44.1. The zero-order valence-corrected chi connectivity index (χ0v) is 16.4. The van der Waals surface area contributed by atoms with Crippen molar-refractivity contribution in [2.24, 2.45) is 16.7 Å². The molecule has 0 aromatic heterocycles. The predicted octanol–water partition coefficient (Wildman–Crippen LogP) is 4.97. The quantitative estimate of drug-likeness (QED) is 0.543. The van der Waals surface area contributed by atoms with Gasteiger partial charge in [-0.1, -0.05) is 0 Å². The van der Waals surface area contributed by atoms with Crippen LogP contribution in [0.25, 0.3) is 0 Å². The number of alkyl halides is 3. The molecule has 6 heteroatoms. The molecule has 0 radical (unpaired) electrons. The van der Waals surface area contributed by atoms with Gasteiger partial charge in [-0.25, -0.2) is 0 Å². The van der Waals surface area contributed by atoms with Gasteiger partial charge in [0.15, 0.2) is 0 Å².